The number of primary sulfonamides is 1. The molecule has 3 N–H and O–H groups in total. The summed E-state index contributed by atoms with van der Waals surface area (Å²) in [5.74, 6) is -0.249. The summed E-state index contributed by atoms with van der Waals surface area (Å²) in [6.45, 7) is 2.75. The number of sulfonamides is 1. The number of amides is 1. The number of benzene rings is 1. The molecule has 0 spiro atoms. The smallest absolute Gasteiger partial charge is 0.238 e. The molecular weight excluding hydrogens is 268 g/mol. The van der Waals surface area contributed by atoms with Crippen molar-refractivity contribution in [2.45, 2.75) is 18.2 Å². The van der Waals surface area contributed by atoms with Crippen molar-refractivity contribution in [3.8, 4) is 0 Å². The van der Waals surface area contributed by atoms with Crippen molar-refractivity contribution < 1.29 is 17.9 Å². The van der Waals surface area contributed by atoms with Gasteiger partial charge in [-0.3, -0.25) is 4.79 Å². The molecule has 1 unspecified atom stereocenters. The van der Waals surface area contributed by atoms with E-state index in [0.717, 1.165) is 0 Å². The Morgan fingerprint density at radius 1 is 1.47 bits per heavy atom. The minimum Gasteiger partial charge on any atom is -0.381 e. The number of aryl methyl sites for hydroxylation is 1. The highest BCUT2D eigenvalue weighted by molar-refractivity contribution is 7.89. The molecular formula is C12H16N2O4S. The number of carbonyl (C=O) groups is 1. The van der Waals surface area contributed by atoms with Gasteiger partial charge in [-0.15, -0.1) is 0 Å². The topological polar surface area (TPSA) is 98.5 Å². The number of rotatable bonds is 3. The van der Waals surface area contributed by atoms with E-state index in [1.54, 1.807) is 13.0 Å². The monoisotopic (exact) mass is 284 g/mol. The maximum absolute atomic E-state index is 11.9. The molecule has 1 heterocycles. The Morgan fingerprint density at radius 3 is 2.74 bits per heavy atom. The predicted octanol–water partition coefficient (Wildman–Crippen LogP) is 0.617. The molecule has 19 heavy (non-hydrogen) atoms. The van der Waals surface area contributed by atoms with E-state index in [1.807, 2.05) is 0 Å². The van der Waals surface area contributed by atoms with Crippen LogP contribution in [0.1, 0.15) is 12.0 Å². The van der Waals surface area contributed by atoms with Crippen LogP contribution in [-0.2, 0) is 19.6 Å². The van der Waals surface area contributed by atoms with E-state index >= 15 is 0 Å². The average Bonchev–Trinajstić information content (AvgIpc) is 2.84. The maximum atomic E-state index is 11.9. The highest BCUT2D eigenvalue weighted by Gasteiger charge is 2.24. The molecule has 7 heteroatoms. The van der Waals surface area contributed by atoms with Crippen LogP contribution in [0.5, 0.6) is 0 Å². The molecule has 1 fully saturated rings. The predicted molar refractivity (Wildman–Crippen MR) is 70.1 cm³/mol. The van der Waals surface area contributed by atoms with Gasteiger partial charge in [-0.05, 0) is 37.1 Å². The zero-order valence-electron chi connectivity index (χ0n) is 10.5. The van der Waals surface area contributed by atoms with Gasteiger partial charge in [-0.1, -0.05) is 0 Å². The molecule has 0 bridgehead atoms. The molecule has 1 amide bonds. The zero-order valence-corrected chi connectivity index (χ0v) is 11.4. The van der Waals surface area contributed by atoms with E-state index in [1.165, 1.54) is 12.1 Å². The van der Waals surface area contributed by atoms with Crippen LogP contribution in [0.15, 0.2) is 23.1 Å². The first-order valence-corrected chi connectivity index (χ1v) is 7.44. The molecule has 1 aromatic carbocycles. The summed E-state index contributed by atoms with van der Waals surface area (Å²) in [7, 11) is -3.72. The van der Waals surface area contributed by atoms with Gasteiger partial charge in [0.25, 0.3) is 0 Å². The standard InChI is InChI=1S/C12H16N2O4S/c1-8-6-10(19(13,16)17)2-3-11(8)14-12(15)9-4-5-18-7-9/h2-3,6,9H,4-5,7H2,1H3,(H,14,15)(H2,13,16,17). The van der Waals surface area contributed by atoms with Gasteiger partial charge in [-0.2, -0.15) is 0 Å². The Kier molecular flexibility index (Phi) is 3.88. The minimum absolute atomic E-state index is 0.0344. The van der Waals surface area contributed by atoms with Crippen molar-refractivity contribution in [1.82, 2.24) is 0 Å². The Labute approximate surface area is 112 Å². The number of hydrogen-bond acceptors (Lipinski definition) is 4. The first-order chi connectivity index (χ1) is 8.88. The molecule has 0 radical (unpaired) electrons. The second-order valence-corrected chi connectivity index (χ2v) is 6.13. The van der Waals surface area contributed by atoms with Crippen molar-refractivity contribution >= 4 is 21.6 Å². The fraction of sp³-hybridized carbons (Fsp3) is 0.417. The maximum Gasteiger partial charge on any atom is 0.238 e. The van der Waals surface area contributed by atoms with Crippen LogP contribution in [0.3, 0.4) is 0 Å². The molecule has 0 saturated carbocycles. The molecule has 0 aromatic heterocycles. The van der Waals surface area contributed by atoms with Gasteiger partial charge in [0.15, 0.2) is 0 Å². The summed E-state index contributed by atoms with van der Waals surface area (Å²) in [5, 5.41) is 7.82. The second-order valence-electron chi connectivity index (χ2n) is 4.57. The molecule has 1 atom stereocenters. The fourth-order valence-electron chi connectivity index (χ4n) is 1.93. The van der Waals surface area contributed by atoms with Crippen molar-refractivity contribution in [3.63, 3.8) is 0 Å². The lowest BCUT2D eigenvalue weighted by molar-refractivity contribution is -0.119. The highest BCUT2D eigenvalue weighted by atomic mass is 32.2. The van der Waals surface area contributed by atoms with Gasteiger partial charge in [-0.25, -0.2) is 13.6 Å². The van der Waals surface area contributed by atoms with E-state index in [9.17, 15) is 13.2 Å². The Bertz CT molecular complexity index is 592. The van der Waals surface area contributed by atoms with Gasteiger partial charge in [0.05, 0.1) is 17.4 Å². The lowest BCUT2D eigenvalue weighted by Crippen LogP contribution is -2.23. The third-order valence-corrected chi connectivity index (χ3v) is 4.00. The Hall–Kier alpha value is -1.44. The summed E-state index contributed by atoms with van der Waals surface area (Å²) < 4.78 is 27.6. The van der Waals surface area contributed by atoms with Crippen LogP contribution < -0.4 is 10.5 Å². The number of hydrogen-bond donors (Lipinski definition) is 2. The highest BCUT2D eigenvalue weighted by Crippen LogP contribution is 2.21. The third-order valence-electron chi connectivity index (χ3n) is 3.08. The van der Waals surface area contributed by atoms with E-state index in [4.69, 9.17) is 9.88 Å². The van der Waals surface area contributed by atoms with Gasteiger partial charge in [0.1, 0.15) is 0 Å². The first-order valence-electron chi connectivity index (χ1n) is 5.90. The third kappa shape index (κ3) is 3.31. The second kappa shape index (κ2) is 5.28. The molecule has 1 aliphatic heterocycles. The number of ether oxygens (including phenoxy) is 1. The lowest BCUT2D eigenvalue weighted by Gasteiger charge is -2.12. The number of carbonyl (C=O) groups excluding carboxylic acids is 1. The molecule has 1 aromatic rings. The summed E-state index contributed by atoms with van der Waals surface area (Å²) >= 11 is 0. The van der Waals surface area contributed by atoms with E-state index in [2.05, 4.69) is 5.32 Å². The van der Waals surface area contributed by atoms with Crippen LogP contribution >= 0.6 is 0 Å². The quantitative estimate of drug-likeness (QED) is 0.850. The molecule has 0 aliphatic carbocycles. The molecule has 104 valence electrons. The van der Waals surface area contributed by atoms with E-state index in [-0.39, 0.29) is 16.7 Å². The number of nitrogens with two attached hydrogens (primary N) is 1. The van der Waals surface area contributed by atoms with Crippen LogP contribution in [0.2, 0.25) is 0 Å². The fourth-order valence-corrected chi connectivity index (χ4v) is 2.53. The van der Waals surface area contributed by atoms with Crippen molar-refractivity contribution in [1.29, 1.82) is 0 Å². The lowest BCUT2D eigenvalue weighted by atomic mass is 10.1. The van der Waals surface area contributed by atoms with Crippen LogP contribution in [0, 0.1) is 12.8 Å². The van der Waals surface area contributed by atoms with Gasteiger partial charge in [0, 0.05) is 12.3 Å². The number of anilines is 1. The largest absolute Gasteiger partial charge is 0.381 e. The molecule has 1 saturated heterocycles. The summed E-state index contributed by atoms with van der Waals surface area (Å²) in [6, 6.07) is 4.36. The molecule has 2 rings (SSSR count). The zero-order chi connectivity index (χ0) is 14.0. The van der Waals surface area contributed by atoms with Gasteiger partial charge < -0.3 is 10.1 Å². The molecule has 6 nitrogen and oxygen atoms in total. The van der Waals surface area contributed by atoms with Crippen molar-refractivity contribution in [2.24, 2.45) is 11.1 Å². The van der Waals surface area contributed by atoms with E-state index < -0.39 is 10.0 Å². The normalized spacial score (nSPS) is 19.4. The SMILES string of the molecule is Cc1cc(S(N)(=O)=O)ccc1NC(=O)C1CCOC1. The Morgan fingerprint density at radius 2 is 2.21 bits per heavy atom. The number of nitrogens with one attached hydrogen (secondary N) is 1. The van der Waals surface area contributed by atoms with Crippen LogP contribution in [0.25, 0.3) is 0 Å². The minimum atomic E-state index is -3.72. The summed E-state index contributed by atoms with van der Waals surface area (Å²) in [5.41, 5.74) is 1.24. The van der Waals surface area contributed by atoms with Crippen LogP contribution in [0.4, 0.5) is 5.69 Å². The first kappa shape index (κ1) is 14.0. The Balaban J connectivity index is 2.15. The van der Waals surface area contributed by atoms with Crippen LogP contribution in [-0.4, -0.2) is 27.5 Å². The summed E-state index contributed by atoms with van der Waals surface area (Å²) in [6.07, 6.45) is 0.708. The van der Waals surface area contributed by atoms with Crippen molar-refractivity contribution in [3.05, 3.63) is 23.8 Å². The molecule has 1 aliphatic rings. The summed E-state index contributed by atoms with van der Waals surface area (Å²) in [4.78, 5) is 11.9. The van der Waals surface area contributed by atoms with E-state index in [0.29, 0.717) is 30.9 Å². The van der Waals surface area contributed by atoms with Gasteiger partial charge >= 0.3 is 0 Å². The average molecular weight is 284 g/mol. The van der Waals surface area contributed by atoms with Gasteiger partial charge in [0.2, 0.25) is 15.9 Å². The van der Waals surface area contributed by atoms with Crippen molar-refractivity contribution in [2.75, 3.05) is 18.5 Å².